The van der Waals surface area contributed by atoms with Gasteiger partial charge in [-0.2, -0.15) is 5.10 Å². The van der Waals surface area contributed by atoms with Gasteiger partial charge in [0.2, 0.25) is 0 Å². The number of nitrogens with zero attached hydrogens (tertiary/aromatic N) is 3. The number of aromatic nitrogens is 4. The number of anilines is 1. The average molecular weight is 354 g/mol. The third kappa shape index (κ3) is 3.72. The zero-order valence-corrected chi connectivity index (χ0v) is 15.1. The van der Waals surface area contributed by atoms with Gasteiger partial charge in [0.05, 0.1) is 22.5 Å². The van der Waals surface area contributed by atoms with Gasteiger partial charge in [-0.25, -0.2) is 9.97 Å². The highest BCUT2D eigenvalue weighted by atomic mass is 32.1. The zero-order valence-electron chi connectivity index (χ0n) is 14.2. The summed E-state index contributed by atoms with van der Waals surface area (Å²) in [4.78, 5) is 10.4. The first kappa shape index (κ1) is 16.2. The average Bonchev–Trinajstić information content (AvgIpc) is 3.31. The van der Waals surface area contributed by atoms with Crippen molar-refractivity contribution in [2.75, 3.05) is 18.4 Å². The quantitative estimate of drug-likeness (QED) is 0.655. The molecule has 0 bridgehead atoms. The van der Waals surface area contributed by atoms with Crippen LogP contribution in [0.4, 0.5) is 5.82 Å². The summed E-state index contributed by atoms with van der Waals surface area (Å²) in [6, 6.07) is 6.25. The molecule has 3 N–H and O–H groups in total. The Kier molecular flexibility index (Phi) is 4.76. The van der Waals surface area contributed by atoms with Crippen LogP contribution < -0.4 is 10.6 Å². The van der Waals surface area contributed by atoms with Crippen LogP contribution in [0.1, 0.15) is 35.8 Å². The van der Waals surface area contributed by atoms with Gasteiger partial charge in [-0.15, -0.1) is 11.3 Å². The number of hydrogen-bond acceptors (Lipinski definition) is 6. The van der Waals surface area contributed by atoms with Gasteiger partial charge in [-0.05, 0) is 37.8 Å². The molecule has 3 aromatic rings. The third-order valence-electron chi connectivity index (χ3n) is 4.52. The van der Waals surface area contributed by atoms with E-state index in [4.69, 9.17) is 0 Å². The highest BCUT2D eigenvalue weighted by Gasteiger charge is 2.18. The lowest BCUT2D eigenvalue weighted by Gasteiger charge is -2.22. The van der Waals surface area contributed by atoms with Gasteiger partial charge in [0, 0.05) is 30.6 Å². The number of rotatable bonds is 5. The van der Waals surface area contributed by atoms with Crippen LogP contribution in [-0.2, 0) is 6.54 Å². The topological polar surface area (TPSA) is 78.5 Å². The van der Waals surface area contributed by atoms with E-state index in [-0.39, 0.29) is 0 Å². The summed E-state index contributed by atoms with van der Waals surface area (Å²) in [5.74, 6) is 2.18. The summed E-state index contributed by atoms with van der Waals surface area (Å²) in [6.07, 6.45) is 4.27. The predicted octanol–water partition coefficient (Wildman–Crippen LogP) is 3.32. The number of hydrogen-bond donors (Lipinski definition) is 3. The molecule has 0 saturated carbocycles. The van der Waals surface area contributed by atoms with E-state index in [1.54, 1.807) is 11.3 Å². The number of piperidine rings is 1. The number of thiophene rings is 1. The molecule has 1 aliphatic heterocycles. The molecule has 4 heterocycles. The van der Waals surface area contributed by atoms with Crippen molar-refractivity contribution in [3.05, 3.63) is 46.9 Å². The fraction of sp³-hybridized carbons (Fsp3) is 0.389. The first-order valence-electron chi connectivity index (χ1n) is 8.66. The minimum absolute atomic E-state index is 0.478. The van der Waals surface area contributed by atoms with Crippen molar-refractivity contribution >= 4 is 17.2 Å². The smallest absolute Gasteiger partial charge is 0.130 e. The highest BCUT2D eigenvalue weighted by molar-refractivity contribution is 7.13. The van der Waals surface area contributed by atoms with E-state index in [1.807, 2.05) is 13.1 Å². The van der Waals surface area contributed by atoms with Crippen molar-refractivity contribution in [2.24, 2.45) is 0 Å². The molecule has 6 nitrogen and oxygen atoms in total. The van der Waals surface area contributed by atoms with Crippen LogP contribution >= 0.6 is 11.3 Å². The molecule has 1 unspecified atom stereocenters. The van der Waals surface area contributed by atoms with E-state index in [9.17, 15) is 0 Å². The maximum Gasteiger partial charge on any atom is 0.130 e. The Labute approximate surface area is 151 Å². The summed E-state index contributed by atoms with van der Waals surface area (Å²) in [6.45, 7) is 4.75. The second kappa shape index (κ2) is 7.33. The maximum absolute atomic E-state index is 4.65. The van der Waals surface area contributed by atoms with Crippen LogP contribution in [0.15, 0.2) is 29.8 Å². The van der Waals surface area contributed by atoms with Gasteiger partial charge in [-0.1, -0.05) is 6.07 Å². The van der Waals surface area contributed by atoms with E-state index < -0.39 is 0 Å². The molecular formula is C18H22N6S. The van der Waals surface area contributed by atoms with Gasteiger partial charge >= 0.3 is 0 Å². The van der Waals surface area contributed by atoms with Crippen molar-refractivity contribution in [1.29, 1.82) is 0 Å². The number of aryl methyl sites for hydroxylation is 1. The molecule has 0 spiro atoms. The standard InChI is InChI=1S/C18H22N6S/c1-12-22-15(13-4-2-6-19-9-13)8-17(23-12)20-10-14-11-21-24-18(14)16-5-3-7-25-16/h3,5,7-8,11,13,19H,2,4,6,9-10H2,1H3,(H,21,24)(H,20,22,23). The van der Waals surface area contributed by atoms with Crippen LogP contribution in [0.2, 0.25) is 0 Å². The molecule has 0 amide bonds. The second-order valence-corrected chi connectivity index (χ2v) is 7.32. The number of H-pyrrole nitrogens is 1. The minimum atomic E-state index is 0.478. The maximum atomic E-state index is 4.65. The van der Waals surface area contributed by atoms with E-state index in [0.29, 0.717) is 12.5 Å². The molecule has 3 aromatic heterocycles. The Balaban J connectivity index is 1.50. The molecule has 0 aromatic carbocycles. The predicted molar refractivity (Wildman–Crippen MR) is 101 cm³/mol. The highest BCUT2D eigenvalue weighted by Crippen LogP contribution is 2.27. The lowest BCUT2D eigenvalue weighted by atomic mass is 9.96. The van der Waals surface area contributed by atoms with Crippen molar-refractivity contribution in [3.8, 4) is 10.6 Å². The molecule has 1 aliphatic rings. The summed E-state index contributed by atoms with van der Waals surface area (Å²) < 4.78 is 0. The normalized spacial score (nSPS) is 17.6. The Morgan fingerprint density at radius 3 is 3.12 bits per heavy atom. The molecule has 4 rings (SSSR count). The SMILES string of the molecule is Cc1nc(NCc2cn[nH]c2-c2cccs2)cc(C2CCCNC2)n1. The largest absolute Gasteiger partial charge is 0.366 e. The molecule has 0 aliphatic carbocycles. The van der Waals surface area contributed by atoms with Crippen molar-refractivity contribution < 1.29 is 0 Å². The van der Waals surface area contributed by atoms with Gasteiger partial charge in [-0.3, -0.25) is 5.10 Å². The Morgan fingerprint density at radius 2 is 2.32 bits per heavy atom. The van der Waals surface area contributed by atoms with Crippen LogP contribution in [0.25, 0.3) is 10.6 Å². The molecule has 0 radical (unpaired) electrons. The Morgan fingerprint density at radius 1 is 1.36 bits per heavy atom. The zero-order chi connectivity index (χ0) is 17.1. The molecule has 1 atom stereocenters. The second-order valence-electron chi connectivity index (χ2n) is 6.37. The molecule has 130 valence electrons. The van der Waals surface area contributed by atoms with Gasteiger partial charge < -0.3 is 10.6 Å². The third-order valence-corrected chi connectivity index (χ3v) is 5.41. The summed E-state index contributed by atoms with van der Waals surface area (Å²) >= 11 is 1.71. The van der Waals surface area contributed by atoms with E-state index >= 15 is 0 Å². The van der Waals surface area contributed by atoms with E-state index in [2.05, 4.69) is 54.4 Å². The fourth-order valence-corrected chi connectivity index (χ4v) is 4.02. The van der Waals surface area contributed by atoms with Crippen LogP contribution in [0.5, 0.6) is 0 Å². The fourth-order valence-electron chi connectivity index (χ4n) is 3.26. The Bertz CT molecular complexity index is 820. The number of nitrogens with one attached hydrogen (secondary N) is 3. The van der Waals surface area contributed by atoms with Crippen molar-refractivity contribution in [2.45, 2.75) is 32.2 Å². The minimum Gasteiger partial charge on any atom is -0.366 e. The lowest BCUT2D eigenvalue weighted by molar-refractivity contribution is 0.453. The molecule has 7 heteroatoms. The van der Waals surface area contributed by atoms with Gasteiger partial charge in [0.25, 0.3) is 0 Å². The lowest BCUT2D eigenvalue weighted by Crippen LogP contribution is -2.29. The molecule has 1 saturated heterocycles. The molecule has 25 heavy (non-hydrogen) atoms. The van der Waals surface area contributed by atoms with Crippen LogP contribution in [0, 0.1) is 6.92 Å². The van der Waals surface area contributed by atoms with Crippen LogP contribution in [0.3, 0.4) is 0 Å². The van der Waals surface area contributed by atoms with E-state index in [1.165, 1.54) is 17.7 Å². The number of aromatic amines is 1. The molecular weight excluding hydrogens is 332 g/mol. The van der Waals surface area contributed by atoms with E-state index in [0.717, 1.165) is 41.7 Å². The summed E-state index contributed by atoms with van der Waals surface area (Å²) in [5.41, 5.74) is 3.34. The Hall–Kier alpha value is -2.25. The first-order valence-corrected chi connectivity index (χ1v) is 9.54. The molecule has 1 fully saturated rings. The summed E-state index contributed by atoms with van der Waals surface area (Å²) in [5, 5.41) is 16.3. The van der Waals surface area contributed by atoms with Crippen LogP contribution in [-0.4, -0.2) is 33.3 Å². The van der Waals surface area contributed by atoms with Crippen molar-refractivity contribution in [1.82, 2.24) is 25.5 Å². The van der Waals surface area contributed by atoms with Gasteiger partial charge in [0.1, 0.15) is 11.6 Å². The monoisotopic (exact) mass is 354 g/mol. The van der Waals surface area contributed by atoms with Gasteiger partial charge in [0.15, 0.2) is 0 Å². The first-order chi connectivity index (χ1) is 12.3. The van der Waals surface area contributed by atoms with Crippen molar-refractivity contribution in [3.63, 3.8) is 0 Å². The summed E-state index contributed by atoms with van der Waals surface area (Å²) in [7, 11) is 0.